The number of fused-ring (bicyclic) bond motifs is 1. The number of hydrogen-bond acceptors (Lipinski definition) is 5. The van der Waals surface area contributed by atoms with Gasteiger partial charge in [-0.15, -0.1) is 0 Å². The summed E-state index contributed by atoms with van der Waals surface area (Å²) < 4.78 is 2.63. The van der Waals surface area contributed by atoms with Crippen LogP contribution in [0.2, 0.25) is 0 Å². The molecule has 1 aliphatic carbocycles. The quantitative estimate of drug-likeness (QED) is 0.823. The van der Waals surface area contributed by atoms with Gasteiger partial charge < -0.3 is 14.9 Å². The highest BCUT2D eigenvalue weighted by molar-refractivity contribution is 7.99. The summed E-state index contributed by atoms with van der Waals surface area (Å²) in [5.74, 6) is 1.92. The number of nitrogens with one attached hydrogen (secondary N) is 2. The molecule has 2 aromatic heterocycles. The fraction of sp³-hybridized carbons (Fsp3) is 0.643. The number of thioether (sulfide) groups is 1. The molecule has 1 saturated carbocycles. The summed E-state index contributed by atoms with van der Waals surface area (Å²) in [6.07, 6.45) is 8.85. The van der Waals surface area contributed by atoms with Crippen LogP contribution in [0, 0.1) is 4.77 Å². The summed E-state index contributed by atoms with van der Waals surface area (Å²) in [5.41, 5.74) is 1.82. The van der Waals surface area contributed by atoms with Gasteiger partial charge in [0.2, 0.25) is 4.77 Å². The summed E-state index contributed by atoms with van der Waals surface area (Å²) in [7, 11) is 1.87. The highest BCUT2D eigenvalue weighted by Gasteiger charge is 2.14. The Hall–Kier alpha value is -1.08. The molecule has 2 aromatic rings. The van der Waals surface area contributed by atoms with Gasteiger partial charge in [-0.25, -0.2) is 9.97 Å². The van der Waals surface area contributed by atoms with Crippen LogP contribution in [-0.2, 0) is 6.54 Å². The number of aromatic amines is 1. The molecule has 0 atom stereocenters. The normalized spacial score (nSPS) is 16.4. The summed E-state index contributed by atoms with van der Waals surface area (Å²) in [4.78, 5) is 11.8. The van der Waals surface area contributed by atoms with E-state index in [-0.39, 0.29) is 0 Å². The lowest BCUT2D eigenvalue weighted by Gasteiger charge is -2.21. The highest BCUT2D eigenvalue weighted by Crippen LogP contribution is 2.28. The van der Waals surface area contributed by atoms with Gasteiger partial charge in [0.15, 0.2) is 11.5 Å². The fourth-order valence-electron chi connectivity index (χ4n) is 2.90. The second-order valence-corrected chi connectivity index (χ2v) is 7.20. The number of nitrogens with zero attached hydrogens (tertiary/aromatic N) is 3. The molecule has 0 saturated heterocycles. The predicted molar refractivity (Wildman–Crippen MR) is 91.6 cm³/mol. The van der Waals surface area contributed by atoms with E-state index in [1.54, 1.807) is 0 Å². The van der Waals surface area contributed by atoms with E-state index in [0.717, 1.165) is 34.5 Å². The molecule has 114 valence electrons. The number of hydrogen-bond donors (Lipinski definition) is 2. The third-order valence-corrected chi connectivity index (χ3v) is 5.53. The lowest BCUT2D eigenvalue weighted by molar-refractivity contribution is 0.515. The molecule has 0 amide bonds. The maximum Gasteiger partial charge on any atom is 0.200 e. The Kier molecular flexibility index (Phi) is 4.80. The molecule has 0 unspecified atom stereocenters. The summed E-state index contributed by atoms with van der Waals surface area (Å²) >= 11 is 7.22. The van der Waals surface area contributed by atoms with Crippen molar-refractivity contribution in [3.63, 3.8) is 0 Å². The molecule has 0 aromatic carbocycles. The zero-order valence-corrected chi connectivity index (χ0v) is 13.9. The van der Waals surface area contributed by atoms with E-state index < -0.39 is 0 Å². The van der Waals surface area contributed by atoms with Crippen molar-refractivity contribution in [3.05, 3.63) is 11.1 Å². The number of rotatable bonds is 5. The number of aromatic nitrogens is 4. The van der Waals surface area contributed by atoms with Crippen molar-refractivity contribution in [3.8, 4) is 0 Å². The van der Waals surface area contributed by atoms with Crippen LogP contribution in [0.4, 0.5) is 5.82 Å². The summed E-state index contributed by atoms with van der Waals surface area (Å²) in [5, 5.41) is 3.96. The van der Waals surface area contributed by atoms with Crippen molar-refractivity contribution >= 4 is 41.0 Å². The van der Waals surface area contributed by atoms with Gasteiger partial charge in [-0.3, -0.25) is 0 Å². The Balaban J connectivity index is 1.70. The predicted octanol–water partition coefficient (Wildman–Crippen LogP) is 3.60. The maximum atomic E-state index is 5.12. The number of anilines is 1. The maximum absolute atomic E-state index is 5.12. The minimum atomic E-state index is 0.466. The molecule has 0 aliphatic heterocycles. The minimum absolute atomic E-state index is 0.466. The summed E-state index contributed by atoms with van der Waals surface area (Å²) in [6, 6.07) is 0. The van der Waals surface area contributed by atoms with Crippen molar-refractivity contribution in [2.24, 2.45) is 0 Å². The zero-order chi connectivity index (χ0) is 14.7. The van der Waals surface area contributed by atoms with Crippen LogP contribution >= 0.6 is 24.0 Å². The molecule has 5 nitrogen and oxygen atoms in total. The number of aryl methyl sites for hydroxylation is 1. The van der Waals surface area contributed by atoms with E-state index in [4.69, 9.17) is 12.2 Å². The van der Waals surface area contributed by atoms with Crippen LogP contribution in [0.1, 0.15) is 32.1 Å². The first kappa shape index (κ1) is 14.8. The lowest BCUT2D eigenvalue weighted by atomic mass is 10.0. The molecular formula is C14H21N5S2. The van der Waals surface area contributed by atoms with Crippen LogP contribution in [0.25, 0.3) is 11.2 Å². The fourth-order valence-corrected chi connectivity index (χ4v) is 4.39. The van der Waals surface area contributed by atoms with E-state index in [9.17, 15) is 0 Å². The molecular weight excluding hydrogens is 302 g/mol. The standard InChI is InChI=1S/C14H21N5S2/c1-15-12-11-13(18-14(20)17-12)16-9-19(11)7-8-21-10-5-3-2-4-6-10/h9-10H,2-8H2,1H3,(H2,15,17,18,20). The molecule has 2 N–H and O–H groups in total. The van der Waals surface area contributed by atoms with E-state index in [1.807, 2.05) is 13.4 Å². The van der Waals surface area contributed by atoms with Gasteiger partial charge >= 0.3 is 0 Å². The van der Waals surface area contributed by atoms with E-state index in [0.29, 0.717) is 4.77 Å². The van der Waals surface area contributed by atoms with Crippen molar-refractivity contribution in [1.29, 1.82) is 0 Å². The lowest BCUT2D eigenvalue weighted by Crippen LogP contribution is -2.11. The van der Waals surface area contributed by atoms with E-state index in [2.05, 4.69) is 36.6 Å². The van der Waals surface area contributed by atoms with E-state index >= 15 is 0 Å². The van der Waals surface area contributed by atoms with Gasteiger partial charge in [-0.1, -0.05) is 19.3 Å². The van der Waals surface area contributed by atoms with Gasteiger partial charge in [0, 0.05) is 24.6 Å². The third kappa shape index (κ3) is 3.40. The monoisotopic (exact) mass is 323 g/mol. The average Bonchev–Trinajstić information content (AvgIpc) is 2.90. The Morgan fingerprint density at radius 1 is 1.43 bits per heavy atom. The smallest absolute Gasteiger partial charge is 0.200 e. The SMILES string of the molecule is CNc1nc(=S)[nH]c2ncn(CCSC3CCCCC3)c12. The number of H-pyrrole nitrogens is 1. The van der Waals surface area contributed by atoms with Gasteiger partial charge in [-0.2, -0.15) is 11.8 Å². The molecule has 1 fully saturated rings. The third-order valence-electron chi connectivity index (χ3n) is 3.98. The first-order chi connectivity index (χ1) is 10.3. The van der Waals surface area contributed by atoms with Crippen molar-refractivity contribution in [1.82, 2.24) is 19.5 Å². The van der Waals surface area contributed by atoms with Gasteiger partial charge in [0.05, 0.1) is 6.33 Å². The van der Waals surface area contributed by atoms with Crippen LogP contribution in [0.3, 0.4) is 0 Å². The van der Waals surface area contributed by atoms with Crippen LogP contribution < -0.4 is 5.32 Å². The largest absolute Gasteiger partial charge is 0.371 e. The second kappa shape index (κ2) is 6.79. The van der Waals surface area contributed by atoms with Gasteiger partial charge in [0.25, 0.3) is 0 Å². The Morgan fingerprint density at radius 3 is 3.00 bits per heavy atom. The van der Waals surface area contributed by atoms with Gasteiger partial charge in [-0.05, 0) is 25.1 Å². The Morgan fingerprint density at radius 2 is 2.24 bits per heavy atom. The molecule has 0 radical (unpaired) electrons. The Labute approximate surface area is 134 Å². The first-order valence-electron chi connectivity index (χ1n) is 7.52. The Bertz CT molecular complexity index is 657. The summed E-state index contributed by atoms with van der Waals surface area (Å²) in [6.45, 7) is 0.957. The molecule has 21 heavy (non-hydrogen) atoms. The number of imidazole rings is 1. The van der Waals surface area contributed by atoms with Crippen LogP contribution in [0.15, 0.2) is 6.33 Å². The zero-order valence-electron chi connectivity index (χ0n) is 12.3. The molecule has 0 spiro atoms. The topological polar surface area (TPSA) is 58.5 Å². The molecule has 2 heterocycles. The van der Waals surface area contributed by atoms with Crippen molar-refractivity contribution in [2.75, 3.05) is 18.1 Å². The molecule has 7 heteroatoms. The van der Waals surface area contributed by atoms with Crippen molar-refractivity contribution < 1.29 is 0 Å². The minimum Gasteiger partial charge on any atom is -0.371 e. The molecule has 3 rings (SSSR count). The van der Waals surface area contributed by atoms with Crippen LogP contribution in [-0.4, -0.2) is 37.6 Å². The average molecular weight is 323 g/mol. The van der Waals surface area contributed by atoms with E-state index in [1.165, 1.54) is 32.1 Å². The second-order valence-electron chi connectivity index (χ2n) is 5.41. The van der Waals surface area contributed by atoms with Crippen LogP contribution in [0.5, 0.6) is 0 Å². The van der Waals surface area contributed by atoms with Gasteiger partial charge in [0.1, 0.15) is 5.52 Å². The molecule has 0 bridgehead atoms. The molecule has 1 aliphatic rings. The first-order valence-corrected chi connectivity index (χ1v) is 8.98. The highest BCUT2D eigenvalue weighted by atomic mass is 32.2. The van der Waals surface area contributed by atoms with Crippen molar-refractivity contribution in [2.45, 2.75) is 43.9 Å².